The Balaban J connectivity index is 1.34. The highest BCUT2D eigenvalue weighted by Gasteiger charge is 2.52. The lowest BCUT2D eigenvalue weighted by Gasteiger charge is -2.57. The summed E-state index contributed by atoms with van der Waals surface area (Å²) in [6, 6.07) is 12.6. The Morgan fingerprint density at radius 2 is 1.51 bits per heavy atom. The molecule has 0 spiro atoms. The molecule has 8 heteroatoms. The molecular weight excluding hydrogens is 472 g/mol. The Kier molecular flexibility index (Phi) is 6.24. The standard InChI is InChI=1S/C29H32N2O6/c1-34-25(35-2)16-36-24-8-7-22(12-23(24)29-13-17-9-18(14-29)11-19(10-17)15-29)27-31-30-26(37-27)20-3-5-21(6-4-20)28(32)33/h3-8,12,17-19,25H,9-11,13-16H2,1-2H3,(H,32,33). The van der Waals surface area contributed by atoms with Crippen molar-refractivity contribution in [3.63, 3.8) is 0 Å². The molecule has 8 nitrogen and oxygen atoms in total. The summed E-state index contributed by atoms with van der Waals surface area (Å²) in [5.41, 5.74) is 3.07. The molecule has 1 heterocycles. The van der Waals surface area contributed by atoms with Crippen LogP contribution in [0.4, 0.5) is 0 Å². The number of ether oxygens (including phenoxy) is 3. The summed E-state index contributed by atoms with van der Waals surface area (Å²) in [5, 5.41) is 17.7. The molecule has 2 aromatic carbocycles. The number of aromatic carboxylic acids is 1. The minimum absolute atomic E-state index is 0.102. The molecule has 0 atom stereocenters. The maximum Gasteiger partial charge on any atom is 0.335 e. The zero-order valence-corrected chi connectivity index (χ0v) is 21.2. The third kappa shape index (κ3) is 4.53. The van der Waals surface area contributed by atoms with Crippen LogP contribution in [0.1, 0.15) is 54.4 Å². The van der Waals surface area contributed by atoms with Crippen LogP contribution < -0.4 is 4.74 Å². The van der Waals surface area contributed by atoms with Crippen LogP contribution in [0.5, 0.6) is 5.75 Å². The molecule has 0 aliphatic heterocycles. The van der Waals surface area contributed by atoms with E-state index in [2.05, 4.69) is 16.3 Å². The van der Waals surface area contributed by atoms with Crippen LogP contribution in [0.15, 0.2) is 46.9 Å². The van der Waals surface area contributed by atoms with Crippen molar-refractivity contribution in [3.8, 4) is 28.7 Å². The van der Waals surface area contributed by atoms with Gasteiger partial charge in [0.2, 0.25) is 11.8 Å². The van der Waals surface area contributed by atoms with Crippen molar-refractivity contribution in [2.24, 2.45) is 17.8 Å². The second kappa shape index (κ2) is 9.58. The molecule has 3 aromatic rings. The number of nitrogens with zero attached hydrogens (tertiary/aromatic N) is 2. The van der Waals surface area contributed by atoms with Gasteiger partial charge in [-0.25, -0.2) is 4.79 Å². The maximum absolute atomic E-state index is 11.2. The molecule has 4 saturated carbocycles. The molecule has 4 fully saturated rings. The molecule has 0 radical (unpaired) electrons. The molecule has 0 unspecified atom stereocenters. The van der Waals surface area contributed by atoms with Crippen molar-refractivity contribution in [3.05, 3.63) is 53.6 Å². The van der Waals surface area contributed by atoms with E-state index in [0.29, 0.717) is 24.0 Å². The van der Waals surface area contributed by atoms with Gasteiger partial charge in [-0.15, -0.1) is 10.2 Å². The van der Waals surface area contributed by atoms with E-state index in [4.69, 9.17) is 23.7 Å². The van der Waals surface area contributed by atoms with Gasteiger partial charge in [0.15, 0.2) is 6.29 Å². The SMILES string of the molecule is COC(COc1ccc(-c2nnc(-c3ccc(C(=O)O)cc3)o2)cc1C12CC3CC(CC(C3)C1)C2)OC. The van der Waals surface area contributed by atoms with E-state index >= 15 is 0 Å². The molecule has 0 saturated heterocycles. The van der Waals surface area contributed by atoms with Crippen LogP contribution >= 0.6 is 0 Å². The summed E-state index contributed by atoms with van der Waals surface area (Å²) in [5.74, 6) is 3.05. The van der Waals surface area contributed by atoms with Crippen molar-refractivity contribution in [1.29, 1.82) is 0 Å². The van der Waals surface area contributed by atoms with Crippen molar-refractivity contribution in [2.75, 3.05) is 20.8 Å². The maximum atomic E-state index is 11.2. The molecule has 194 valence electrons. The number of carboxylic acids is 1. The zero-order chi connectivity index (χ0) is 25.6. The predicted octanol–water partition coefficient (Wildman–Crippen LogP) is 5.57. The van der Waals surface area contributed by atoms with Crippen LogP contribution in [0.25, 0.3) is 22.9 Å². The molecule has 1 aromatic heterocycles. The Hall–Kier alpha value is -3.23. The van der Waals surface area contributed by atoms with Gasteiger partial charge in [-0.2, -0.15) is 0 Å². The van der Waals surface area contributed by atoms with Gasteiger partial charge in [-0.1, -0.05) is 0 Å². The molecule has 37 heavy (non-hydrogen) atoms. The molecule has 4 aliphatic rings. The number of aromatic nitrogens is 2. The second-order valence-electron chi connectivity index (χ2n) is 10.9. The Bertz CT molecular complexity index is 1240. The van der Waals surface area contributed by atoms with Crippen molar-refractivity contribution in [1.82, 2.24) is 10.2 Å². The first-order valence-corrected chi connectivity index (χ1v) is 13.0. The Morgan fingerprint density at radius 3 is 2.08 bits per heavy atom. The Morgan fingerprint density at radius 1 is 0.946 bits per heavy atom. The molecule has 0 amide bonds. The van der Waals surface area contributed by atoms with E-state index < -0.39 is 12.3 Å². The zero-order valence-electron chi connectivity index (χ0n) is 21.2. The third-order valence-corrected chi connectivity index (χ3v) is 8.54. The van der Waals surface area contributed by atoms with Crippen molar-refractivity contribution < 1.29 is 28.5 Å². The summed E-state index contributed by atoms with van der Waals surface area (Å²) in [6.45, 7) is 0.308. The molecule has 4 bridgehead atoms. The average Bonchev–Trinajstić information content (AvgIpc) is 3.39. The largest absolute Gasteiger partial charge is 0.488 e. The minimum atomic E-state index is -0.973. The highest BCUT2D eigenvalue weighted by atomic mass is 16.7. The number of benzene rings is 2. The van der Waals surface area contributed by atoms with Gasteiger partial charge in [0.1, 0.15) is 12.4 Å². The van der Waals surface area contributed by atoms with Crippen molar-refractivity contribution in [2.45, 2.75) is 50.2 Å². The lowest BCUT2D eigenvalue weighted by Crippen LogP contribution is -2.48. The van der Waals surface area contributed by atoms with Crippen LogP contribution in [-0.2, 0) is 14.9 Å². The topological polar surface area (TPSA) is 104 Å². The van der Waals surface area contributed by atoms with Gasteiger partial charge < -0.3 is 23.7 Å². The summed E-state index contributed by atoms with van der Waals surface area (Å²) >= 11 is 0. The first kappa shape index (κ1) is 24.1. The monoisotopic (exact) mass is 504 g/mol. The number of hydrogen-bond acceptors (Lipinski definition) is 7. The van der Waals surface area contributed by atoms with E-state index in [1.807, 2.05) is 12.1 Å². The van der Waals surface area contributed by atoms with E-state index in [0.717, 1.165) is 29.1 Å². The Labute approximate surface area is 216 Å². The smallest absolute Gasteiger partial charge is 0.335 e. The van der Waals surface area contributed by atoms with Gasteiger partial charge >= 0.3 is 5.97 Å². The van der Waals surface area contributed by atoms with Gasteiger partial charge in [0.25, 0.3) is 0 Å². The number of carbonyl (C=O) groups is 1. The van der Waals surface area contributed by atoms with Crippen molar-refractivity contribution >= 4 is 5.97 Å². The highest BCUT2D eigenvalue weighted by Crippen LogP contribution is 2.62. The van der Waals surface area contributed by atoms with Gasteiger partial charge in [-0.05, 0) is 104 Å². The average molecular weight is 505 g/mol. The van der Waals surface area contributed by atoms with Gasteiger partial charge in [0.05, 0.1) is 5.56 Å². The highest BCUT2D eigenvalue weighted by molar-refractivity contribution is 5.88. The second-order valence-corrected chi connectivity index (χ2v) is 10.9. The van der Waals surface area contributed by atoms with Crippen LogP contribution in [0.2, 0.25) is 0 Å². The van der Waals surface area contributed by atoms with Gasteiger partial charge in [0, 0.05) is 30.9 Å². The van der Waals surface area contributed by atoms with Crippen LogP contribution in [0.3, 0.4) is 0 Å². The summed E-state index contributed by atoms with van der Waals surface area (Å²) in [6.07, 6.45) is 7.23. The van der Waals surface area contributed by atoms with Crippen LogP contribution in [0, 0.1) is 17.8 Å². The minimum Gasteiger partial charge on any atom is -0.488 e. The van der Waals surface area contributed by atoms with Crippen LogP contribution in [-0.4, -0.2) is 48.4 Å². The fourth-order valence-corrected chi connectivity index (χ4v) is 7.25. The number of rotatable bonds is 9. The van der Waals surface area contributed by atoms with E-state index in [1.54, 1.807) is 26.4 Å². The fraction of sp³-hybridized carbons (Fsp3) is 0.483. The normalized spacial score (nSPS) is 26.1. The number of carboxylic acid groups (broad SMARTS) is 1. The van der Waals surface area contributed by atoms with E-state index in [9.17, 15) is 4.79 Å². The van der Waals surface area contributed by atoms with Gasteiger partial charge in [-0.3, -0.25) is 0 Å². The molecule has 7 rings (SSSR count). The number of hydrogen-bond donors (Lipinski definition) is 1. The summed E-state index contributed by atoms with van der Waals surface area (Å²) in [7, 11) is 3.23. The van der Waals surface area contributed by atoms with E-state index in [-0.39, 0.29) is 11.0 Å². The molecule has 4 aliphatic carbocycles. The first-order valence-electron chi connectivity index (χ1n) is 13.0. The summed E-state index contributed by atoms with van der Waals surface area (Å²) < 4.78 is 23.1. The predicted molar refractivity (Wildman–Crippen MR) is 135 cm³/mol. The van der Waals surface area contributed by atoms with E-state index in [1.165, 1.54) is 56.2 Å². The lowest BCUT2D eigenvalue weighted by atomic mass is 9.48. The lowest BCUT2D eigenvalue weighted by molar-refractivity contribution is -0.122. The molecular formula is C29H32N2O6. The fourth-order valence-electron chi connectivity index (χ4n) is 7.25. The quantitative estimate of drug-likeness (QED) is 0.377. The first-order chi connectivity index (χ1) is 18.0. The molecule has 1 N–H and O–H groups in total. The number of methoxy groups -OCH3 is 2. The third-order valence-electron chi connectivity index (χ3n) is 8.54. The summed E-state index contributed by atoms with van der Waals surface area (Å²) in [4.78, 5) is 11.2.